The monoisotopic (exact) mass is 437 g/mol. The number of rotatable bonds is 6. The highest BCUT2D eigenvalue weighted by molar-refractivity contribution is 7.89. The van der Waals surface area contributed by atoms with E-state index in [1.165, 1.54) is 25.3 Å². The SMILES string of the molecule is CCN1CCCC1CNC(=O)c1cc(S(N)(=O)=O)ccc1OC.O=S(=O)([O-])[O-]. The lowest BCUT2D eigenvalue weighted by Gasteiger charge is -2.23. The van der Waals surface area contributed by atoms with Gasteiger partial charge in [-0.15, -0.1) is 0 Å². The fourth-order valence-corrected chi connectivity index (χ4v) is 3.43. The van der Waals surface area contributed by atoms with Crippen molar-refractivity contribution in [2.24, 2.45) is 5.14 Å². The van der Waals surface area contributed by atoms with Crippen LogP contribution in [0, 0.1) is 0 Å². The van der Waals surface area contributed by atoms with E-state index in [-0.39, 0.29) is 16.4 Å². The minimum absolute atomic E-state index is 0.112. The number of benzene rings is 1. The zero-order valence-electron chi connectivity index (χ0n) is 15.5. The molecule has 160 valence electrons. The van der Waals surface area contributed by atoms with Crippen LogP contribution >= 0.6 is 0 Å². The molecule has 1 fully saturated rings. The molecule has 28 heavy (non-hydrogen) atoms. The van der Waals surface area contributed by atoms with Gasteiger partial charge in [0, 0.05) is 23.0 Å². The standard InChI is InChI=1S/C15H23N3O4S.H2O4S/c1-3-18-8-4-5-11(18)10-17-15(19)13-9-12(23(16,20)21)6-7-14(13)22-2;1-5(2,3)4/h6-7,9,11H,3-5,8,10H2,1-2H3,(H,17,19)(H2,16,20,21);(H2,1,2,3,4)/p-2. The van der Waals surface area contributed by atoms with Crippen molar-refractivity contribution in [1.82, 2.24) is 10.2 Å². The van der Waals surface area contributed by atoms with E-state index in [2.05, 4.69) is 17.1 Å². The molecule has 1 aromatic carbocycles. The number of amides is 1. The molecular formula is C15H23N3O8S2-2. The second kappa shape index (κ2) is 10.1. The van der Waals surface area contributed by atoms with E-state index in [0.717, 1.165) is 25.9 Å². The Morgan fingerprint density at radius 3 is 2.43 bits per heavy atom. The van der Waals surface area contributed by atoms with E-state index in [4.69, 9.17) is 27.4 Å². The van der Waals surface area contributed by atoms with Crippen LogP contribution < -0.4 is 15.2 Å². The van der Waals surface area contributed by atoms with Gasteiger partial charge in [-0.2, -0.15) is 0 Å². The molecule has 0 bridgehead atoms. The fourth-order valence-electron chi connectivity index (χ4n) is 2.89. The van der Waals surface area contributed by atoms with E-state index in [1.807, 2.05) is 0 Å². The molecule has 1 atom stereocenters. The highest BCUT2D eigenvalue weighted by atomic mass is 32.3. The van der Waals surface area contributed by atoms with E-state index in [9.17, 15) is 13.2 Å². The topological polar surface area (TPSA) is 182 Å². The first-order valence-electron chi connectivity index (χ1n) is 8.26. The summed E-state index contributed by atoms with van der Waals surface area (Å²) in [5, 5.41) is 7.98. The number of carbonyl (C=O) groups is 1. The molecule has 0 aromatic heterocycles. The van der Waals surface area contributed by atoms with Crippen molar-refractivity contribution < 1.29 is 35.5 Å². The summed E-state index contributed by atoms with van der Waals surface area (Å²) in [6, 6.07) is 4.32. The molecule has 2 rings (SSSR count). The molecule has 1 heterocycles. The second-order valence-corrected chi connectivity index (χ2v) is 8.33. The summed E-state index contributed by atoms with van der Waals surface area (Å²) >= 11 is 0. The second-order valence-electron chi connectivity index (χ2n) is 5.95. The zero-order chi connectivity index (χ0) is 21.5. The maximum Gasteiger partial charge on any atom is 0.255 e. The number of carbonyl (C=O) groups excluding carboxylic acids is 1. The highest BCUT2D eigenvalue weighted by Crippen LogP contribution is 2.22. The van der Waals surface area contributed by atoms with Crippen molar-refractivity contribution in [2.75, 3.05) is 26.7 Å². The van der Waals surface area contributed by atoms with Crippen LogP contribution in [-0.4, -0.2) is 69.5 Å². The van der Waals surface area contributed by atoms with Crippen molar-refractivity contribution in [1.29, 1.82) is 0 Å². The molecule has 1 aliphatic rings. The number of nitrogens with one attached hydrogen (secondary N) is 1. The third kappa shape index (κ3) is 8.08. The summed E-state index contributed by atoms with van der Waals surface area (Å²) in [4.78, 5) is 14.6. The average Bonchev–Trinajstić information content (AvgIpc) is 3.04. The van der Waals surface area contributed by atoms with Crippen molar-refractivity contribution in [3.63, 3.8) is 0 Å². The van der Waals surface area contributed by atoms with Gasteiger partial charge in [-0.25, -0.2) is 13.6 Å². The Labute approximate surface area is 164 Å². The third-order valence-electron chi connectivity index (χ3n) is 4.15. The van der Waals surface area contributed by atoms with Crippen molar-refractivity contribution in [2.45, 2.75) is 30.7 Å². The first-order valence-corrected chi connectivity index (χ1v) is 11.1. The van der Waals surface area contributed by atoms with E-state index in [0.29, 0.717) is 18.3 Å². The lowest BCUT2D eigenvalue weighted by Crippen LogP contribution is -2.40. The molecule has 1 unspecified atom stereocenters. The van der Waals surface area contributed by atoms with Gasteiger partial charge < -0.3 is 19.2 Å². The summed E-state index contributed by atoms with van der Waals surface area (Å²) in [7, 11) is -7.61. The molecule has 1 amide bonds. The number of ether oxygens (including phenoxy) is 1. The maximum atomic E-state index is 12.4. The normalized spacial score (nSPS) is 17.5. The molecular weight excluding hydrogens is 414 g/mol. The van der Waals surface area contributed by atoms with Gasteiger partial charge in [-0.05, 0) is 44.1 Å². The van der Waals surface area contributed by atoms with Gasteiger partial charge in [0.15, 0.2) is 0 Å². The lowest BCUT2D eigenvalue weighted by molar-refractivity contribution is 0.0938. The molecule has 1 saturated heterocycles. The van der Waals surface area contributed by atoms with Gasteiger partial charge in [0.1, 0.15) is 5.75 Å². The van der Waals surface area contributed by atoms with E-state index >= 15 is 0 Å². The van der Waals surface area contributed by atoms with Crippen LogP contribution in [-0.2, 0) is 20.4 Å². The molecule has 13 heteroatoms. The Bertz CT molecular complexity index is 879. The summed E-state index contributed by atoms with van der Waals surface area (Å²) < 4.78 is 62.1. The quantitative estimate of drug-likeness (QED) is 0.426. The van der Waals surface area contributed by atoms with Crippen LogP contribution in [0.1, 0.15) is 30.1 Å². The van der Waals surface area contributed by atoms with Crippen LogP contribution in [0.4, 0.5) is 0 Å². The van der Waals surface area contributed by atoms with Crippen LogP contribution in [0.3, 0.4) is 0 Å². The van der Waals surface area contributed by atoms with Crippen LogP contribution in [0.25, 0.3) is 0 Å². The molecule has 0 saturated carbocycles. The summed E-state index contributed by atoms with van der Waals surface area (Å²) in [6.07, 6.45) is 2.17. The molecule has 1 aromatic rings. The number of nitrogens with zero attached hydrogens (tertiary/aromatic N) is 1. The summed E-state index contributed by atoms with van der Waals surface area (Å²) in [5.41, 5.74) is 0.167. The number of methoxy groups -OCH3 is 1. The molecule has 3 N–H and O–H groups in total. The number of hydrogen-bond acceptors (Lipinski definition) is 9. The van der Waals surface area contributed by atoms with E-state index < -0.39 is 20.4 Å². The molecule has 11 nitrogen and oxygen atoms in total. The average molecular weight is 437 g/mol. The maximum absolute atomic E-state index is 12.4. The van der Waals surface area contributed by atoms with Gasteiger partial charge in [-0.1, -0.05) is 6.92 Å². The summed E-state index contributed by atoms with van der Waals surface area (Å²) in [5.74, 6) is -0.0519. The van der Waals surface area contributed by atoms with Gasteiger partial charge in [0.05, 0.1) is 17.6 Å². The van der Waals surface area contributed by atoms with Gasteiger partial charge in [0.25, 0.3) is 5.91 Å². The Morgan fingerprint density at radius 1 is 1.32 bits per heavy atom. The van der Waals surface area contributed by atoms with Crippen LogP contribution in [0.15, 0.2) is 23.1 Å². The molecule has 1 aliphatic heterocycles. The summed E-state index contributed by atoms with van der Waals surface area (Å²) in [6.45, 7) is 4.61. The highest BCUT2D eigenvalue weighted by Gasteiger charge is 2.24. The van der Waals surface area contributed by atoms with Gasteiger partial charge in [0.2, 0.25) is 10.0 Å². The first-order chi connectivity index (χ1) is 12.9. The number of primary sulfonamides is 1. The Hall–Kier alpha value is -1.77. The number of likely N-dealkylation sites (N-methyl/N-ethyl adjacent to an activating group) is 1. The number of likely N-dealkylation sites (tertiary alicyclic amines) is 1. The number of nitrogens with two attached hydrogens (primary N) is 1. The fraction of sp³-hybridized carbons (Fsp3) is 0.533. The van der Waals surface area contributed by atoms with Crippen LogP contribution in [0.5, 0.6) is 5.75 Å². The molecule has 0 aliphatic carbocycles. The van der Waals surface area contributed by atoms with E-state index in [1.54, 1.807) is 0 Å². The van der Waals surface area contributed by atoms with Crippen LogP contribution in [0.2, 0.25) is 0 Å². The number of sulfonamides is 1. The zero-order valence-corrected chi connectivity index (χ0v) is 17.1. The van der Waals surface area contributed by atoms with Gasteiger partial charge in [-0.3, -0.25) is 18.1 Å². The molecule has 0 spiro atoms. The molecule has 0 radical (unpaired) electrons. The largest absolute Gasteiger partial charge is 0.759 e. The van der Waals surface area contributed by atoms with Crippen molar-refractivity contribution in [3.8, 4) is 5.75 Å². The van der Waals surface area contributed by atoms with Gasteiger partial charge >= 0.3 is 0 Å². The Morgan fingerprint density at radius 2 is 1.93 bits per heavy atom. The lowest BCUT2D eigenvalue weighted by atomic mass is 10.1. The first kappa shape index (κ1) is 24.3. The Balaban J connectivity index is 0.000000696. The predicted octanol–water partition coefficient (Wildman–Crippen LogP) is -0.781. The van der Waals surface area contributed by atoms with Crippen molar-refractivity contribution >= 4 is 26.3 Å². The minimum atomic E-state index is -5.17. The minimum Gasteiger partial charge on any atom is -0.759 e. The smallest absolute Gasteiger partial charge is 0.255 e. The third-order valence-corrected chi connectivity index (χ3v) is 5.06. The van der Waals surface area contributed by atoms with Crippen molar-refractivity contribution in [3.05, 3.63) is 23.8 Å². The predicted molar refractivity (Wildman–Crippen MR) is 97.4 cm³/mol. The Kier molecular flexibility index (Phi) is 8.78. The number of hydrogen-bond donors (Lipinski definition) is 2.